The molecule has 0 aromatic heterocycles. The molecule has 1 amide bonds. The SMILES string of the molecule is COc1ccc(OC(C)C(=O)NC2(C(=O)O)CCOCC2)cc1. The smallest absolute Gasteiger partial charge is 0.329 e. The third kappa shape index (κ3) is 4.13. The summed E-state index contributed by atoms with van der Waals surface area (Å²) < 4.78 is 15.8. The molecule has 2 N–H and O–H groups in total. The van der Waals surface area contributed by atoms with E-state index in [0.29, 0.717) is 24.7 Å². The standard InChI is InChI=1S/C16H21NO6/c1-11(23-13-5-3-12(21-2)4-6-13)14(18)17-16(15(19)20)7-9-22-10-8-16/h3-6,11H,7-10H2,1-2H3,(H,17,18)(H,19,20). The van der Waals surface area contributed by atoms with Crippen LogP contribution in [0.1, 0.15) is 19.8 Å². The van der Waals surface area contributed by atoms with Crippen molar-refractivity contribution >= 4 is 11.9 Å². The Labute approximate surface area is 134 Å². The first-order chi connectivity index (χ1) is 11.0. The number of nitrogens with one attached hydrogen (secondary N) is 1. The van der Waals surface area contributed by atoms with Crippen LogP contribution in [0.2, 0.25) is 0 Å². The second-order valence-electron chi connectivity index (χ2n) is 5.42. The zero-order chi connectivity index (χ0) is 16.9. The Bertz CT molecular complexity index is 550. The summed E-state index contributed by atoms with van der Waals surface area (Å²) in [7, 11) is 1.56. The van der Waals surface area contributed by atoms with Gasteiger partial charge in [0.05, 0.1) is 7.11 Å². The van der Waals surface area contributed by atoms with Crippen molar-refractivity contribution in [2.24, 2.45) is 0 Å². The van der Waals surface area contributed by atoms with E-state index in [2.05, 4.69) is 5.32 Å². The van der Waals surface area contributed by atoms with Crippen LogP contribution in [-0.4, -0.2) is 48.9 Å². The van der Waals surface area contributed by atoms with Gasteiger partial charge in [0.2, 0.25) is 0 Å². The van der Waals surface area contributed by atoms with E-state index < -0.39 is 23.5 Å². The highest BCUT2D eigenvalue weighted by Gasteiger charge is 2.42. The van der Waals surface area contributed by atoms with Crippen LogP contribution >= 0.6 is 0 Å². The Morgan fingerprint density at radius 3 is 2.30 bits per heavy atom. The number of carbonyl (C=O) groups excluding carboxylic acids is 1. The minimum atomic E-state index is -1.28. The molecule has 0 bridgehead atoms. The van der Waals surface area contributed by atoms with Crippen LogP contribution in [0.5, 0.6) is 11.5 Å². The predicted octanol–water partition coefficient (Wildman–Crippen LogP) is 1.21. The maximum absolute atomic E-state index is 12.3. The predicted molar refractivity (Wildman–Crippen MR) is 81.6 cm³/mol. The van der Waals surface area contributed by atoms with Gasteiger partial charge in [-0.05, 0) is 31.2 Å². The average Bonchev–Trinajstić information content (AvgIpc) is 2.56. The van der Waals surface area contributed by atoms with Crippen LogP contribution in [0, 0.1) is 0 Å². The van der Waals surface area contributed by atoms with E-state index in [1.165, 1.54) is 0 Å². The molecule has 1 atom stereocenters. The number of benzene rings is 1. The topological polar surface area (TPSA) is 94.1 Å². The molecule has 1 unspecified atom stereocenters. The molecule has 0 aliphatic carbocycles. The molecule has 0 spiro atoms. The number of carboxylic acid groups (broad SMARTS) is 1. The van der Waals surface area contributed by atoms with Crippen LogP contribution in [0.3, 0.4) is 0 Å². The number of carboxylic acids is 1. The first kappa shape index (κ1) is 17.1. The van der Waals surface area contributed by atoms with E-state index >= 15 is 0 Å². The summed E-state index contributed by atoms with van der Waals surface area (Å²) in [5.74, 6) is -0.331. The van der Waals surface area contributed by atoms with Gasteiger partial charge in [0.25, 0.3) is 5.91 Å². The largest absolute Gasteiger partial charge is 0.497 e. The number of methoxy groups -OCH3 is 1. The Hall–Kier alpha value is -2.28. The minimum absolute atomic E-state index is 0.239. The van der Waals surface area contributed by atoms with E-state index in [1.807, 2.05) is 0 Å². The molecule has 0 radical (unpaired) electrons. The van der Waals surface area contributed by atoms with Crippen LogP contribution in [0.4, 0.5) is 0 Å². The lowest BCUT2D eigenvalue weighted by molar-refractivity contribution is -0.153. The van der Waals surface area contributed by atoms with Crippen LogP contribution in [-0.2, 0) is 14.3 Å². The van der Waals surface area contributed by atoms with Crippen LogP contribution in [0.15, 0.2) is 24.3 Å². The third-order valence-corrected chi connectivity index (χ3v) is 3.86. The summed E-state index contributed by atoms with van der Waals surface area (Å²) in [6.07, 6.45) is -0.338. The quantitative estimate of drug-likeness (QED) is 0.817. The number of rotatable bonds is 6. The number of ether oxygens (including phenoxy) is 3. The van der Waals surface area contributed by atoms with Gasteiger partial charge in [0, 0.05) is 26.1 Å². The van der Waals surface area contributed by atoms with Crippen molar-refractivity contribution in [3.63, 3.8) is 0 Å². The Morgan fingerprint density at radius 2 is 1.78 bits per heavy atom. The van der Waals surface area contributed by atoms with Gasteiger partial charge in [-0.2, -0.15) is 0 Å². The lowest BCUT2D eigenvalue weighted by Crippen LogP contribution is -2.59. The fourth-order valence-electron chi connectivity index (χ4n) is 2.36. The van der Waals surface area contributed by atoms with Crippen molar-refractivity contribution in [3.8, 4) is 11.5 Å². The first-order valence-corrected chi connectivity index (χ1v) is 7.41. The van der Waals surface area contributed by atoms with Gasteiger partial charge < -0.3 is 24.6 Å². The highest BCUT2D eigenvalue weighted by Crippen LogP contribution is 2.22. The van der Waals surface area contributed by atoms with Crippen LogP contribution in [0.25, 0.3) is 0 Å². The minimum Gasteiger partial charge on any atom is -0.497 e. The maximum Gasteiger partial charge on any atom is 0.329 e. The normalized spacial score (nSPS) is 17.8. The molecule has 1 heterocycles. The van der Waals surface area contributed by atoms with Gasteiger partial charge >= 0.3 is 5.97 Å². The van der Waals surface area contributed by atoms with Crippen LogP contribution < -0.4 is 14.8 Å². The molecule has 1 aromatic rings. The van der Waals surface area contributed by atoms with Crippen molar-refractivity contribution < 1.29 is 28.9 Å². The van der Waals surface area contributed by atoms with Gasteiger partial charge in [-0.3, -0.25) is 4.79 Å². The fourth-order valence-corrected chi connectivity index (χ4v) is 2.36. The van der Waals surface area contributed by atoms with Crippen molar-refractivity contribution in [3.05, 3.63) is 24.3 Å². The average molecular weight is 323 g/mol. The summed E-state index contributed by atoms with van der Waals surface area (Å²) in [6, 6.07) is 6.81. The molecular weight excluding hydrogens is 302 g/mol. The Balaban J connectivity index is 1.99. The summed E-state index contributed by atoms with van der Waals surface area (Å²) in [6.45, 7) is 2.19. The van der Waals surface area contributed by atoms with Crippen molar-refractivity contribution in [1.29, 1.82) is 0 Å². The van der Waals surface area contributed by atoms with E-state index in [1.54, 1.807) is 38.3 Å². The maximum atomic E-state index is 12.3. The molecule has 1 aromatic carbocycles. The lowest BCUT2D eigenvalue weighted by Gasteiger charge is -2.34. The van der Waals surface area contributed by atoms with Gasteiger partial charge in [-0.1, -0.05) is 0 Å². The number of hydrogen-bond acceptors (Lipinski definition) is 5. The molecule has 1 aliphatic rings. The molecule has 1 fully saturated rings. The third-order valence-electron chi connectivity index (χ3n) is 3.86. The lowest BCUT2D eigenvalue weighted by atomic mass is 9.90. The van der Waals surface area contributed by atoms with E-state index in [9.17, 15) is 14.7 Å². The zero-order valence-electron chi connectivity index (χ0n) is 13.2. The molecular formula is C16H21NO6. The van der Waals surface area contributed by atoms with E-state index in [-0.39, 0.29) is 12.8 Å². The molecule has 7 nitrogen and oxygen atoms in total. The molecule has 1 saturated heterocycles. The number of amides is 1. The Morgan fingerprint density at radius 1 is 1.22 bits per heavy atom. The van der Waals surface area contributed by atoms with Crippen molar-refractivity contribution in [1.82, 2.24) is 5.32 Å². The van der Waals surface area contributed by atoms with Gasteiger partial charge in [0.15, 0.2) is 6.10 Å². The summed E-state index contributed by atoms with van der Waals surface area (Å²) in [4.78, 5) is 23.8. The van der Waals surface area contributed by atoms with Crippen molar-refractivity contribution in [2.75, 3.05) is 20.3 Å². The molecule has 126 valence electrons. The van der Waals surface area contributed by atoms with Gasteiger partial charge in [-0.25, -0.2) is 4.79 Å². The van der Waals surface area contributed by atoms with E-state index in [4.69, 9.17) is 14.2 Å². The van der Waals surface area contributed by atoms with E-state index in [0.717, 1.165) is 0 Å². The Kier molecular flexibility index (Phi) is 5.44. The molecule has 7 heteroatoms. The monoisotopic (exact) mass is 323 g/mol. The summed E-state index contributed by atoms with van der Waals surface area (Å²) >= 11 is 0. The highest BCUT2D eigenvalue weighted by molar-refractivity contribution is 5.89. The highest BCUT2D eigenvalue weighted by atomic mass is 16.5. The van der Waals surface area contributed by atoms with Crippen molar-refractivity contribution in [2.45, 2.75) is 31.4 Å². The zero-order valence-corrected chi connectivity index (χ0v) is 13.2. The second kappa shape index (κ2) is 7.32. The second-order valence-corrected chi connectivity index (χ2v) is 5.42. The fraction of sp³-hybridized carbons (Fsp3) is 0.500. The van der Waals surface area contributed by atoms with Gasteiger partial charge in [0.1, 0.15) is 17.0 Å². The number of hydrogen-bond donors (Lipinski definition) is 2. The molecule has 23 heavy (non-hydrogen) atoms. The summed E-state index contributed by atoms with van der Waals surface area (Å²) in [5, 5.41) is 12.0. The number of aliphatic carboxylic acids is 1. The molecule has 0 saturated carbocycles. The first-order valence-electron chi connectivity index (χ1n) is 7.41. The van der Waals surface area contributed by atoms with Gasteiger partial charge in [-0.15, -0.1) is 0 Å². The molecule has 1 aliphatic heterocycles. The molecule has 2 rings (SSSR count). The summed E-state index contributed by atoms with van der Waals surface area (Å²) in [5.41, 5.74) is -1.28. The number of carbonyl (C=O) groups is 2.